The third-order valence-electron chi connectivity index (χ3n) is 2.82. The van der Waals surface area contributed by atoms with Crippen LogP contribution in [-0.4, -0.2) is 23.1 Å². The summed E-state index contributed by atoms with van der Waals surface area (Å²) >= 11 is 0. The number of hydrogen-bond donors (Lipinski definition) is 1. The van der Waals surface area contributed by atoms with Gasteiger partial charge in [0, 0.05) is 25.4 Å². The first-order valence-electron chi connectivity index (χ1n) is 5.51. The fraction of sp³-hybridized carbons (Fsp3) is 0.231. The van der Waals surface area contributed by atoms with Crippen molar-refractivity contribution in [2.75, 3.05) is 11.9 Å². The highest BCUT2D eigenvalue weighted by atomic mass is 16.4. The van der Waals surface area contributed by atoms with Crippen molar-refractivity contribution in [3.63, 3.8) is 0 Å². The number of aryl methyl sites for hydroxylation is 1. The molecule has 2 aromatic rings. The molecule has 18 heavy (non-hydrogen) atoms. The number of pyridine rings is 1. The van der Waals surface area contributed by atoms with Gasteiger partial charge in [0.15, 0.2) is 0 Å². The Hall–Kier alpha value is -2.30. The first-order chi connectivity index (χ1) is 8.59. The molecule has 0 atom stereocenters. The largest absolute Gasteiger partial charge is 0.478 e. The molecule has 94 valence electrons. The fourth-order valence-electron chi connectivity index (χ4n) is 1.79. The topological polar surface area (TPSA) is 66.6 Å². The van der Waals surface area contributed by atoms with Crippen molar-refractivity contribution in [3.8, 4) is 0 Å². The maximum absolute atomic E-state index is 11.1. The molecular formula is C13H14N2O3. The average molecular weight is 246 g/mol. The Morgan fingerprint density at radius 2 is 2.28 bits per heavy atom. The van der Waals surface area contributed by atoms with Crippen molar-refractivity contribution >= 4 is 11.7 Å². The number of carboxylic acid groups (broad SMARTS) is 1. The fourth-order valence-corrected chi connectivity index (χ4v) is 1.79. The molecule has 2 heterocycles. The number of carboxylic acids is 1. The molecule has 0 aromatic carbocycles. The van der Waals surface area contributed by atoms with E-state index in [2.05, 4.69) is 4.98 Å². The lowest BCUT2D eigenvalue weighted by atomic mass is 10.2. The van der Waals surface area contributed by atoms with Crippen LogP contribution in [0, 0.1) is 6.92 Å². The molecule has 0 fully saturated rings. The summed E-state index contributed by atoms with van der Waals surface area (Å²) in [6, 6.07) is 3.37. The van der Waals surface area contributed by atoms with Gasteiger partial charge in [-0.2, -0.15) is 0 Å². The van der Waals surface area contributed by atoms with Crippen LogP contribution in [0.4, 0.5) is 5.69 Å². The number of furan rings is 1. The zero-order valence-electron chi connectivity index (χ0n) is 10.3. The highest BCUT2D eigenvalue weighted by molar-refractivity contribution is 5.94. The zero-order chi connectivity index (χ0) is 13.1. The lowest BCUT2D eigenvalue weighted by Crippen LogP contribution is -2.19. The van der Waals surface area contributed by atoms with E-state index in [-0.39, 0.29) is 5.56 Å². The smallest absolute Gasteiger partial charge is 0.337 e. The number of anilines is 1. The molecule has 0 saturated carbocycles. The molecular weight excluding hydrogens is 232 g/mol. The summed E-state index contributed by atoms with van der Waals surface area (Å²) in [6.45, 7) is 2.46. The van der Waals surface area contributed by atoms with Gasteiger partial charge in [-0.1, -0.05) is 0 Å². The Morgan fingerprint density at radius 1 is 1.50 bits per heavy atom. The normalized spacial score (nSPS) is 10.3. The lowest BCUT2D eigenvalue weighted by molar-refractivity contribution is 0.0697. The number of aromatic carboxylic acids is 1. The van der Waals surface area contributed by atoms with Crippen LogP contribution in [0.15, 0.2) is 35.2 Å². The molecule has 5 nitrogen and oxygen atoms in total. The van der Waals surface area contributed by atoms with Crippen LogP contribution in [0.25, 0.3) is 0 Å². The molecule has 0 spiro atoms. The quantitative estimate of drug-likeness (QED) is 0.896. The molecule has 0 saturated heterocycles. The predicted molar refractivity (Wildman–Crippen MR) is 66.7 cm³/mol. The van der Waals surface area contributed by atoms with E-state index in [9.17, 15) is 4.79 Å². The molecule has 2 aromatic heterocycles. The van der Waals surface area contributed by atoms with Gasteiger partial charge in [-0.3, -0.25) is 4.98 Å². The van der Waals surface area contributed by atoms with Crippen molar-refractivity contribution in [1.82, 2.24) is 4.98 Å². The minimum atomic E-state index is -0.955. The molecule has 0 aliphatic carbocycles. The Bertz CT molecular complexity index is 563. The lowest BCUT2D eigenvalue weighted by Gasteiger charge is -2.20. The van der Waals surface area contributed by atoms with E-state index in [4.69, 9.17) is 9.52 Å². The molecule has 2 rings (SSSR count). The van der Waals surface area contributed by atoms with Crippen LogP contribution in [0.3, 0.4) is 0 Å². The molecule has 0 amide bonds. The van der Waals surface area contributed by atoms with Crippen LogP contribution in [0.5, 0.6) is 0 Å². The zero-order valence-corrected chi connectivity index (χ0v) is 10.3. The van der Waals surface area contributed by atoms with Gasteiger partial charge < -0.3 is 14.4 Å². The van der Waals surface area contributed by atoms with E-state index in [0.717, 1.165) is 11.3 Å². The van der Waals surface area contributed by atoms with Gasteiger partial charge in [-0.15, -0.1) is 0 Å². The SMILES string of the molecule is Cc1occc1CN(C)c1cnccc1C(=O)O. The van der Waals surface area contributed by atoms with Gasteiger partial charge in [-0.05, 0) is 19.1 Å². The Morgan fingerprint density at radius 3 is 2.89 bits per heavy atom. The minimum absolute atomic E-state index is 0.244. The number of rotatable bonds is 4. The van der Waals surface area contributed by atoms with E-state index in [1.807, 2.05) is 24.9 Å². The molecule has 0 unspecified atom stereocenters. The first kappa shape index (κ1) is 12.2. The van der Waals surface area contributed by atoms with Gasteiger partial charge in [-0.25, -0.2) is 4.79 Å². The van der Waals surface area contributed by atoms with Crippen LogP contribution in [0.1, 0.15) is 21.7 Å². The summed E-state index contributed by atoms with van der Waals surface area (Å²) in [5, 5.41) is 9.12. The standard InChI is InChI=1S/C13H14N2O3/c1-9-10(4-6-18-9)8-15(2)12-7-14-5-3-11(12)13(16)17/h3-7H,8H2,1-2H3,(H,16,17). The Labute approximate surface area is 105 Å². The maximum atomic E-state index is 11.1. The summed E-state index contributed by atoms with van der Waals surface area (Å²) in [5.41, 5.74) is 1.86. The third kappa shape index (κ3) is 2.34. The van der Waals surface area contributed by atoms with Gasteiger partial charge in [0.2, 0.25) is 0 Å². The number of carbonyl (C=O) groups is 1. The molecule has 0 bridgehead atoms. The van der Waals surface area contributed by atoms with E-state index < -0.39 is 5.97 Å². The Kier molecular flexibility index (Phi) is 3.32. The number of hydrogen-bond acceptors (Lipinski definition) is 4. The highest BCUT2D eigenvalue weighted by Crippen LogP contribution is 2.21. The van der Waals surface area contributed by atoms with Crippen LogP contribution >= 0.6 is 0 Å². The van der Waals surface area contributed by atoms with Gasteiger partial charge >= 0.3 is 5.97 Å². The number of aromatic nitrogens is 1. The van der Waals surface area contributed by atoms with E-state index in [1.54, 1.807) is 12.5 Å². The second-order valence-corrected chi connectivity index (χ2v) is 4.06. The van der Waals surface area contributed by atoms with E-state index in [0.29, 0.717) is 12.2 Å². The van der Waals surface area contributed by atoms with Crippen LogP contribution in [-0.2, 0) is 6.54 Å². The van der Waals surface area contributed by atoms with Crippen LogP contribution < -0.4 is 4.90 Å². The average Bonchev–Trinajstić information content (AvgIpc) is 2.75. The van der Waals surface area contributed by atoms with Gasteiger partial charge in [0.25, 0.3) is 0 Å². The van der Waals surface area contributed by atoms with Crippen molar-refractivity contribution < 1.29 is 14.3 Å². The molecule has 0 aliphatic heterocycles. The van der Waals surface area contributed by atoms with Crippen molar-refractivity contribution in [3.05, 3.63) is 47.7 Å². The van der Waals surface area contributed by atoms with Crippen molar-refractivity contribution in [2.45, 2.75) is 13.5 Å². The second kappa shape index (κ2) is 4.91. The summed E-state index contributed by atoms with van der Waals surface area (Å²) < 4.78 is 5.22. The first-order valence-corrected chi connectivity index (χ1v) is 5.51. The third-order valence-corrected chi connectivity index (χ3v) is 2.82. The van der Waals surface area contributed by atoms with Crippen molar-refractivity contribution in [1.29, 1.82) is 0 Å². The van der Waals surface area contributed by atoms with Gasteiger partial charge in [0.1, 0.15) is 5.76 Å². The van der Waals surface area contributed by atoms with Crippen LogP contribution in [0.2, 0.25) is 0 Å². The predicted octanol–water partition coefficient (Wildman–Crippen LogP) is 2.32. The minimum Gasteiger partial charge on any atom is -0.478 e. The molecule has 1 N–H and O–H groups in total. The summed E-state index contributed by atoms with van der Waals surface area (Å²) in [6.07, 6.45) is 4.66. The molecule has 5 heteroatoms. The van der Waals surface area contributed by atoms with Gasteiger partial charge in [0.05, 0.1) is 23.7 Å². The molecule has 0 aliphatic rings. The Balaban J connectivity index is 2.26. The summed E-state index contributed by atoms with van der Waals surface area (Å²) in [7, 11) is 1.83. The summed E-state index contributed by atoms with van der Waals surface area (Å²) in [4.78, 5) is 16.9. The number of nitrogens with zero attached hydrogens (tertiary/aromatic N) is 2. The highest BCUT2D eigenvalue weighted by Gasteiger charge is 2.14. The molecule has 0 radical (unpaired) electrons. The van der Waals surface area contributed by atoms with Crippen molar-refractivity contribution in [2.24, 2.45) is 0 Å². The monoisotopic (exact) mass is 246 g/mol. The maximum Gasteiger partial charge on any atom is 0.337 e. The second-order valence-electron chi connectivity index (χ2n) is 4.06. The van der Waals surface area contributed by atoms with E-state index >= 15 is 0 Å². The van der Waals surface area contributed by atoms with E-state index in [1.165, 1.54) is 12.3 Å². The summed E-state index contributed by atoms with van der Waals surface area (Å²) in [5.74, 6) is -0.120.